The third-order valence-corrected chi connectivity index (χ3v) is 3.28. The molecule has 3 nitrogen and oxygen atoms in total. The molecule has 0 unspecified atom stereocenters. The van der Waals surface area contributed by atoms with Gasteiger partial charge in [-0.05, 0) is 25.7 Å². The quantitative estimate of drug-likeness (QED) is 0.832. The highest BCUT2D eigenvalue weighted by Crippen LogP contribution is 2.19. The summed E-state index contributed by atoms with van der Waals surface area (Å²) in [6, 6.07) is 1.67. The number of carbonyl (C=O) groups is 1. The number of hydrogen-bond donors (Lipinski definition) is 2. The number of hydrogen-bond acceptors (Lipinski definition) is 3. The van der Waals surface area contributed by atoms with Crippen LogP contribution in [0.15, 0.2) is 11.4 Å². The topological polar surface area (TPSA) is 49.3 Å². The molecule has 90 valence electrons. The summed E-state index contributed by atoms with van der Waals surface area (Å²) in [6.07, 6.45) is 2.10. The normalized spacial score (nSPS) is 12.8. The van der Waals surface area contributed by atoms with E-state index in [1.54, 1.807) is 5.38 Å². The van der Waals surface area contributed by atoms with Crippen molar-refractivity contribution in [3.63, 3.8) is 0 Å². The first kappa shape index (κ1) is 13.0. The number of amides is 1. The second kappa shape index (κ2) is 5.89. The van der Waals surface area contributed by atoms with Gasteiger partial charge in [0.05, 0.1) is 4.88 Å². The molecule has 0 radical (unpaired) electrons. The molecule has 0 aliphatic heterocycles. The van der Waals surface area contributed by atoms with Gasteiger partial charge in [0.1, 0.15) is 5.75 Å². The lowest BCUT2D eigenvalue weighted by atomic mass is 10.0. The third-order valence-electron chi connectivity index (χ3n) is 2.36. The second-order valence-corrected chi connectivity index (χ2v) is 5.43. The zero-order valence-corrected chi connectivity index (χ0v) is 10.8. The van der Waals surface area contributed by atoms with Crippen LogP contribution in [0.2, 0.25) is 0 Å². The Labute approximate surface area is 100 Å². The van der Waals surface area contributed by atoms with Gasteiger partial charge < -0.3 is 10.4 Å². The van der Waals surface area contributed by atoms with Gasteiger partial charge in [-0.1, -0.05) is 13.8 Å². The lowest BCUT2D eigenvalue weighted by molar-refractivity contribution is 0.0941. The van der Waals surface area contributed by atoms with Crippen LogP contribution in [0.25, 0.3) is 0 Å². The van der Waals surface area contributed by atoms with Gasteiger partial charge in [-0.15, -0.1) is 11.3 Å². The van der Waals surface area contributed by atoms with Gasteiger partial charge in [-0.3, -0.25) is 4.79 Å². The molecule has 0 aliphatic carbocycles. The van der Waals surface area contributed by atoms with Gasteiger partial charge >= 0.3 is 0 Å². The molecule has 0 spiro atoms. The fraction of sp³-hybridized carbons (Fsp3) is 0.583. The monoisotopic (exact) mass is 241 g/mol. The average molecular weight is 241 g/mol. The Morgan fingerprint density at radius 2 is 2.12 bits per heavy atom. The fourth-order valence-electron chi connectivity index (χ4n) is 1.40. The van der Waals surface area contributed by atoms with Crippen LogP contribution in [0, 0.1) is 5.92 Å². The molecule has 0 bridgehead atoms. The van der Waals surface area contributed by atoms with E-state index in [1.165, 1.54) is 17.4 Å². The maximum atomic E-state index is 11.7. The lowest BCUT2D eigenvalue weighted by Gasteiger charge is -2.14. The largest absolute Gasteiger partial charge is 0.507 e. The van der Waals surface area contributed by atoms with Crippen LogP contribution >= 0.6 is 11.3 Å². The molecule has 16 heavy (non-hydrogen) atoms. The van der Waals surface area contributed by atoms with Gasteiger partial charge in [0, 0.05) is 17.5 Å². The summed E-state index contributed by atoms with van der Waals surface area (Å²) in [7, 11) is 0. The molecule has 0 saturated carbocycles. The third kappa shape index (κ3) is 4.23. The van der Waals surface area contributed by atoms with Crippen molar-refractivity contribution in [2.45, 2.75) is 39.7 Å². The van der Waals surface area contributed by atoms with Crippen molar-refractivity contribution in [3.05, 3.63) is 16.3 Å². The molecule has 1 aromatic heterocycles. The van der Waals surface area contributed by atoms with E-state index in [1.807, 2.05) is 6.92 Å². The Kier molecular flexibility index (Phi) is 4.80. The minimum absolute atomic E-state index is 0.0958. The summed E-state index contributed by atoms with van der Waals surface area (Å²) in [5.74, 6) is 0.719. The SMILES string of the molecule is CC(C)CC[C@@H](C)NC(=O)c1cc(O)cs1. The molecular formula is C12H19NO2S. The molecule has 1 aromatic rings. The molecule has 4 heteroatoms. The summed E-state index contributed by atoms with van der Waals surface area (Å²) in [5.41, 5.74) is 0. The van der Waals surface area contributed by atoms with E-state index < -0.39 is 0 Å². The molecule has 0 saturated heterocycles. The minimum Gasteiger partial charge on any atom is -0.507 e. The Morgan fingerprint density at radius 3 is 2.62 bits per heavy atom. The van der Waals surface area contributed by atoms with Gasteiger partial charge in [0.15, 0.2) is 0 Å². The summed E-state index contributed by atoms with van der Waals surface area (Å²) in [6.45, 7) is 6.35. The van der Waals surface area contributed by atoms with Crippen molar-refractivity contribution in [1.82, 2.24) is 5.32 Å². The van der Waals surface area contributed by atoms with Crippen molar-refractivity contribution in [3.8, 4) is 5.75 Å². The maximum absolute atomic E-state index is 11.7. The molecule has 0 aromatic carbocycles. The van der Waals surface area contributed by atoms with Crippen molar-refractivity contribution >= 4 is 17.2 Å². The Morgan fingerprint density at radius 1 is 1.44 bits per heavy atom. The molecule has 2 N–H and O–H groups in total. The van der Waals surface area contributed by atoms with Crippen molar-refractivity contribution in [1.29, 1.82) is 0 Å². The molecular weight excluding hydrogens is 222 g/mol. The first-order valence-corrected chi connectivity index (χ1v) is 6.45. The standard InChI is InChI=1S/C12H19NO2S/c1-8(2)4-5-9(3)13-12(15)11-6-10(14)7-16-11/h6-9,14H,4-5H2,1-3H3,(H,13,15)/t9-/m1/s1. The van der Waals surface area contributed by atoms with Crippen LogP contribution in [-0.4, -0.2) is 17.1 Å². The number of rotatable bonds is 5. The molecule has 1 heterocycles. The zero-order chi connectivity index (χ0) is 12.1. The zero-order valence-electron chi connectivity index (χ0n) is 9.99. The summed E-state index contributed by atoms with van der Waals surface area (Å²) in [5, 5.41) is 13.6. The molecule has 1 amide bonds. The average Bonchev–Trinajstić information content (AvgIpc) is 2.62. The summed E-state index contributed by atoms with van der Waals surface area (Å²) in [4.78, 5) is 12.3. The van der Waals surface area contributed by atoms with Gasteiger partial charge in [-0.25, -0.2) is 0 Å². The van der Waals surface area contributed by atoms with Crippen LogP contribution in [0.4, 0.5) is 0 Å². The number of carbonyl (C=O) groups excluding carboxylic acids is 1. The predicted molar refractivity (Wildman–Crippen MR) is 67.0 cm³/mol. The van der Waals surface area contributed by atoms with E-state index in [0.717, 1.165) is 12.8 Å². The molecule has 0 fully saturated rings. The Bertz CT molecular complexity index is 347. The van der Waals surface area contributed by atoms with Crippen molar-refractivity contribution in [2.24, 2.45) is 5.92 Å². The number of aromatic hydroxyl groups is 1. The fourth-order valence-corrected chi connectivity index (χ4v) is 2.07. The highest BCUT2D eigenvalue weighted by Gasteiger charge is 2.12. The maximum Gasteiger partial charge on any atom is 0.261 e. The smallest absolute Gasteiger partial charge is 0.261 e. The molecule has 0 aliphatic rings. The summed E-state index contributed by atoms with van der Waals surface area (Å²) < 4.78 is 0. The summed E-state index contributed by atoms with van der Waals surface area (Å²) >= 11 is 1.26. The first-order valence-electron chi connectivity index (χ1n) is 5.57. The van der Waals surface area contributed by atoms with Crippen molar-refractivity contribution < 1.29 is 9.90 Å². The van der Waals surface area contributed by atoms with E-state index in [2.05, 4.69) is 19.2 Å². The highest BCUT2D eigenvalue weighted by molar-refractivity contribution is 7.12. The van der Waals surface area contributed by atoms with Crippen LogP contribution in [-0.2, 0) is 0 Å². The van der Waals surface area contributed by atoms with Crippen molar-refractivity contribution in [2.75, 3.05) is 0 Å². The van der Waals surface area contributed by atoms with Gasteiger partial charge in [0.2, 0.25) is 0 Å². The van der Waals surface area contributed by atoms with Gasteiger partial charge in [-0.2, -0.15) is 0 Å². The van der Waals surface area contributed by atoms with E-state index in [-0.39, 0.29) is 17.7 Å². The Hall–Kier alpha value is -1.03. The number of nitrogens with one attached hydrogen (secondary N) is 1. The van der Waals surface area contributed by atoms with Crippen LogP contribution in [0.1, 0.15) is 43.3 Å². The molecule has 1 rings (SSSR count). The van der Waals surface area contributed by atoms with Gasteiger partial charge in [0.25, 0.3) is 5.91 Å². The van der Waals surface area contributed by atoms with E-state index in [0.29, 0.717) is 10.8 Å². The minimum atomic E-state index is -0.0958. The first-order chi connectivity index (χ1) is 7.49. The Balaban J connectivity index is 2.39. The van der Waals surface area contributed by atoms with E-state index >= 15 is 0 Å². The second-order valence-electron chi connectivity index (χ2n) is 4.51. The van der Waals surface area contributed by atoms with E-state index in [9.17, 15) is 4.79 Å². The van der Waals surface area contributed by atoms with Crippen LogP contribution in [0.5, 0.6) is 5.75 Å². The number of thiophene rings is 1. The highest BCUT2D eigenvalue weighted by atomic mass is 32.1. The van der Waals surface area contributed by atoms with Crippen LogP contribution in [0.3, 0.4) is 0 Å². The molecule has 1 atom stereocenters. The van der Waals surface area contributed by atoms with E-state index in [4.69, 9.17) is 5.11 Å². The van der Waals surface area contributed by atoms with Crippen LogP contribution < -0.4 is 5.32 Å². The lowest BCUT2D eigenvalue weighted by Crippen LogP contribution is -2.32. The predicted octanol–water partition coefficient (Wildman–Crippen LogP) is 3.01.